The Hall–Kier alpha value is -1.56. The monoisotopic (exact) mass is 309 g/mol. The second-order valence-electron chi connectivity index (χ2n) is 5.49. The fourth-order valence-corrected chi connectivity index (χ4v) is 3.94. The molecule has 0 amide bonds. The molecule has 0 radical (unpaired) electrons. The molecule has 0 aliphatic heterocycles. The van der Waals surface area contributed by atoms with Gasteiger partial charge in [0, 0.05) is 11.8 Å². The van der Waals surface area contributed by atoms with E-state index >= 15 is 0 Å². The Morgan fingerprint density at radius 1 is 1.19 bits per heavy atom. The standard InChI is InChI=1S/C15H23N3O2S/c1-5-15(6-2,7-3)18-11-9-8-10-12(21(4,19)20)13(11)17-14(18)16/h8-10H,5-7H2,1-4H3,(H2,16,17). The number of fused-ring (bicyclic) bond motifs is 1. The number of imidazole rings is 1. The van der Waals surface area contributed by atoms with Crippen molar-refractivity contribution in [1.29, 1.82) is 0 Å². The molecule has 1 aromatic heterocycles. The van der Waals surface area contributed by atoms with Crippen molar-refractivity contribution in [3.63, 3.8) is 0 Å². The lowest BCUT2D eigenvalue weighted by Crippen LogP contribution is -2.32. The highest BCUT2D eigenvalue weighted by Crippen LogP contribution is 2.36. The minimum absolute atomic E-state index is 0.130. The van der Waals surface area contributed by atoms with E-state index in [1.54, 1.807) is 12.1 Å². The van der Waals surface area contributed by atoms with E-state index in [4.69, 9.17) is 5.73 Å². The smallest absolute Gasteiger partial charge is 0.201 e. The van der Waals surface area contributed by atoms with Crippen molar-refractivity contribution in [1.82, 2.24) is 9.55 Å². The Bertz CT molecular complexity index is 750. The fourth-order valence-electron chi connectivity index (χ4n) is 3.11. The quantitative estimate of drug-likeness (QED) is 0.921. The first-order valence-corrected chi connectivity index (χ1v) is 9.17. The van der Waals surface area contributed by atoms with E-state index in [0.29, 0.717) is 11.5 Å². The lowest BCUT2D eigenvalue weighted by atomic mass is 9.89. The van der Waals surface area contributed by atoms with E-state index in [2.05, 4.69) is 25.8 Å². The number of nitrogens with zero attached hydrogens (tertiary/aromatic N) is 2. The Balaban J connectivity index is 2.88. The van der Waals surface area contributed by atoms with Gasteiger partial charge in [0.2, 0.25) is 5.95 Å². The maximum Gasteiger partial charge on any atom is 0.201 e. The highest BCUT2D eigenvalue weighted by Gasteiger charge is 2.31. The number of anilines is 1. The number of hydrogen-bond acceptors (Lipinski definition) is 4. The van der Waals surface area contributed by atoms with Crippen LogP contribution in [0, 0.1) is 0 Å². The maximum atomic E-state index is 11.9. The molecule has 0 bridgehead atoms. The number of benzene rings is 1. The summed E-state index contributed by atoms with van der Waals surface area (Å²) in [6.07, 6.45) is 3.94. The molecule has 2 rings (SSSR count). The van der Waals surface area contributed by atoms with Gasteiger partial charge < -0.3 is 10.3 Å². The van der Waals surface area contributed by atoms with Gasteiger partial charge in [-0.05, 0) is 31.4 Å². The highest BCUT2D eigenvalue weighted by atomic mass is 32.2. The number of aromatic nitrogens is 2. The summed E-state index contributed by atoms with van der Waals surface area (Å²) in [4.78, 5) is 4.59. The Morgan fingerprint density at radius 2 is 1.76 bits per heavy atom. The van der Waals surface area contributed by atoms with Crippen LogP contribution in [0.2, 0.25) is 0 Å². The largest absolute Gasteiger partial charge is 0.369 e. The Kier molecular flexibility index (Phi) is 4.02. The van der Waals surface area contributed by atoms with Crippen molar-refractivity contribution in [2.45, 2.75) is 50.5 Å². The van der Waals surface area contributed by atoms with Crippen LogP contribution in [0.5, 0.6) is 0 Å². The van der Waals surface area contributed by atoms with E-state index in [9.17, 15) is 8.42 Å². The Morgan fingerprint density at radius 3 is 2.24 bits per heavy atom. The molecular weight excluding hydrogens is 286 g/mol. The minimum Gasteiger partial charge on any atom is -0.369 e. The number of para-hydroxylation sites is 1. The molecule has 0 atom stereocenters. The molecule has 0 spiro atoms. The normalized spacial score (nSPS) is 13.0. The van der Waals surface area contributed by atoms with Gasteiger partial charge in [0.05, 0.1) is 10.4 Å². The van der Waals surface area contributed by atoms with E-state index in [1.165, 1.54) is 6.26 Å². The van der Waals surface area contributed by atoms with Gasteiger partial charge in [-0.2, -0.15) is 0 Å². The minimum atomic E-state index is -3.33. The third-order valence-corrected chi connectivity index (χ3v) is 5.65. The van der Waals surface area contributed by atoms with Gasteiger partial charge in [-0.1, -0.05) is 26.8 Å². The molecule has 5 nitrogen and oxygen atoms in total. The van der Waals surface area contributed by atoms with E-state index < -0.39 is 9.84 Å². The average Bonchev–Trinajstić information content (AvgIpc) is 2.77. The van der Waals surface area contributed by atoms with Crippen LogP contribution in [0.25, 0.3) is 11.0 Å². The second-order valence-corrected chi connectivity index (χ2v) is 7.47. The van der Waals surface area contributed by atoms with Gasteiger partial charge >= 0.3 is 0 Å². The molecule has 1 heterocycles. The summed E-state index contributed by atoms with van der Waals surface area (Å²) < 4.78 is 25.9. The van der Waals surface area contributed by atoms with Crippen LogP contribution in [0.15, 0.2) is 23.1 Å². The predicted octanol–water partition coefficient (Wildman–Crippen LogP) is 2.95. The highest BCUT2D eigenvalue weighted by molar-refractivity contribution is 7.91. The molecule has 2 aromatic rings. The molecule has 0 aliphatic carbocycles. The summed E-state index contributed by atoms with van der Waals surface area (Å²) in [7, 11) is -3.33. The summed E-state index contributed by atoms with van der Waals surface area (Å²) in [6.45, 7) is 6.37. The van der Waals surface area contributed by atoms with Crippen molar-refractivity contribution >= 4 is 26.8 Å². The zero-order valence-corrected chi connectivity index (χ0v) is 13.9. The maximum absolute atomic E-state index is 11.9. The molecular formula is C15H23N3O2S. The van der Waals surface area contributed by atoms with Crippen LogP contribution in [-0.4, -0.2) is 24.2 Å². The van der Waals surface area contributed by atoms with Crippen LogP contribution >= 0.6 is 0 Å². The molecule has 0 fully saturated rings. The first-order chi connectivity index (χ1) is 9.80. The van der Waals surface area contributed by atoms with Gasteiger partial charge in [-0.3, -0.25) is 0 Å². The number of rotatable bonds is 5. The molecule has 0 unspecified atom stereocenters. The molecule has 0 saturated carbocycles. The molecule has 6 heteroatoms. The Labute approximate surface area is 126 Å². The molecule has 2 N–H and O–H groups in total. The van der Waals surface area contributed by atoms with Crippen LogP contribution in [-0.2, 0) is 15.4 Å². The van der Waals surface area contributed by atoms with Crippen molar-refractivity contribution in [3.05, 3.63) is 18.2 Å². The van der Waals surface area contributed by atoms with Crippen LogP contribution in [0.1, 0.15) is 40.0 Å². The number of sulfone groups is 1. The van der Waals surface area contributed by atoms with Gasteiger partial charge in [0.25, 0.3) is 0 Å². The topological polar surface area (TPSA) is 78.0 Å². The van der Waals surface area contributed by atoms with E-state index in [-0.39, 0.29) is 10.4 Å². The lowest BCUT2D eigenvalue weighted by molar-refractivity contribution is 0.262. The van der Waals surface area contributed by atoms with Gasteiger partial charge in [-0.15, -0.1) is 0 Å². The third-order valence-electron chi connectivity index (χ3n) is 4.52. The number of nitrogens with two attached hydrogens (primary N) is 1. The molecule has 21 heavy (non-hydrogen) atoms. The van der Waals surface area contributed by atoms with Crippen molar-refractivity contribution in [2.24, 2.45) is 0 Å². The first-order valence-electron chi connectivity index (χ1n) is 7.28. The van der Waals surface area contributed by atoms with Crippen molar-refractivity contribution < 1.29 is 8.42 Å². The molecule has 1 aromatic carbocycles. The average molecular weight is 309 g/mol. The molecule has 0 saturated heterocycles. The zero-order chi connectivity index (χ0) is 15.8. The summed E-state index contributed by atoms with van der Waals surface area (Å²) >= 11 is 0. The van der Waals surface area contributed by atoms with E-state index in [0.717, 1.165) is 24.8 Å². The number of nitrogen functional groups attached to an aromatic ring is 1. The van der Waals surface area contributed by atoms with E-state index in [1.807, 2.05) is 10.6 Å². The van der Waals surface area contributed by atoms with Gasteiger partial charge in [0.1, 0.15) is 5.52 Å². The lowest BCUT2D eigenvalue weighted by Gasteiger charge is -2.33. The van der Waals surface area contributed by atoms with Crippen LogP contribution in [0.3, 0.4) is 0 Å². The fraction of sp³-hybridized carbons (Fsp3) is 0.533. The summed E-state index contributed by atoms with van der Waals surface area (Å²) in [6, 6.07) is 5.23. The van der Waals surface area contributed by atoms with Crippen molar-refractivity contribution in [3.8, 4) is 0 Å². The summed E-state index contributed by atoms with van der Waals surface area (Å²) in [5.41, 5.74) is 7.27. The number of hydrogen-bond donors (Lipinski definition) is 1. The predicted molar refractivity (Wildman–Crippen MR) is 86.1 cm³/mol. The zero-order valence-electron chi connectivity index (χ0n) is 13.0. The summed E-state index contributed by atoms with van der Waals surface area (Å²) in [5.74, 6) is 0.381. The second kappa shape index (κ2) is 5.33. The summed E-state index contributed by atoms with van der Waals surface area (Å²) in [5, 5.41) is 0. The third kappa shape index (κ3) is 2.41. The van der Waals surface area contributed by atoms with Gasteiger partial charge in [-0.25, -0.2) is 13.4 Å². The SMILES string of the molecule is CCC(CC)(CC)n1c(N)nc2c(S(C)(=O)=O)cccc21. The molecule has 116 valence electrons. The molecule has 0 aliphatic rings. The van der Waals surface area contributed by atoms with Crippen LogP contribution in [0.4, 0.5) is 5.95 Å². The first kappa shape index (κ1) is 15.8. The van der Waals surface area contributed by atoms with Crippen LogP contribution < -0.4 is 5.73 Å². The van der Waals surface area contributed by atoms with Crippen molar-refractivity contribution in [2.75, 3.05) is 12.0 Å². The van der Waals surface area contributed by atoms with Gasteiger partial charge in [0.15, 0.2) is 9.84 Å².